The fourth-order valence-electron chi connectivity index (χ4n) is 3.00. The minimum absolute atomic E-state index is 0.175. The molecule has 0 saturated carbocycles. The van der Waals surface area contributed by atoms with Crippen molar-refractivity contribution in [3.63, 3.8) is 0 Å². The topological polar surface area (TPSA) is 66.8 Å². The van der Waals surface area contributed by atoms with E-state index in [0.717, 1.165) is 25.9 Å². The molecule has 0 aliphatic rings. The van der Waals surface area contributed by atoms with Crippen molar-refractivity contribution >= 4 is 11.9 Å². The molecule has 0 aromatic carbocycles. The van der Waals surface area contributed by atoms with Gasteiger partial charge in [-0.15, -0.1) is 0 Å². The number of hydrogen-bond donors (Lipinski definition) is 1. The predicted molar refractivity (Wildman–Crippen MR) is 111 cm³/mol. The van der Waals surface area contributed by atoms with Crippen molar-refractivity contribution in [3.05, 3.63) is 12.2 Å². The molecule has 0 spiro atoms. The number of carboxylic acid groups (broad SMARTS) is 1. The molecular formula is C22H41NO4. The Labute approximate surface area is 166 Å². The van der Waals surface area contributed by atoms with Gasteiger partial charge < -0.3 is 14.7 Å². The van der Waals surface area contributed by atoms with Crippen LogP contribution in [0.15, 0.2) is 12.2 Å². The molecule has 0 aliphatic carbocycles. The first-order valence-electron chi connectivity index (χ1n) is 10.8. The molecular weight excluding hydrogens is 342 g/mol. The van der Waals surface area contributed by atoms with Crippen molar-refractivity contribution in [2.75, 3.05) is 26.2 Å². The molecule has 0 aromatic heterocycles. The van der Waals surface area contributed by atoms with Gasteiger partial charge in [-0.3, -0.25) is 9.59 Å². The van der Waals surface area contributed by atoms with E-state index in [9.17, 15) is 9.59 Å². The first kappa shape index (κ1) is 25.6. The largest absolute Gasteiger partial charge is 0.481 e. The van der Waals surface area contributed by atoms with E-state index in [-0.39, 0.29) is 6.42 Å². The number of hydrogen-bond acceptors (Lipinski definition) is 4. The predicted octanol–water partition coefficient (Wildman–Crippen LogP) is 5.05. The molecule has 5 heteroatoms. The molecule has 0 aromatic rings. The average Bonchev–Trinajstić information content (AvgIpc) is 2.65. The lowest BCUT2D eigenvalue weighted by atomic mass is 10.0. The average molecular weight is 384 g/mol. The van der Waals surface area contributed by atoms with Gasteiger partial charge in [0.2, 0.25) is 0 Å². The van der Waals surface area contributed by atoms with E-state index >= 15 is 0 Å². The van der Waals surface area contributed by atoms with Gasteiger partial charge in [-0.25, -0.2) is 0 Å². The van der Waals surface area contributed by atoms with Crippen LogP contribution in [0.3, 0.4) is 0 Å². The molecule has 0 heterocycles. The van der Waals surface area contributed by atoms with E-state index in [4.69, 9.17) is 9.84 Å². The Bertz CT molecular complexity index is 405. The smallest absolute Gasteiger partial charge is 0.309 e. The normalized spacial score (nSPS) is 12.6. The number of esters is 1. The lowest BCUT2D eigenvalue weighted by Gasteiger charge is -2.19. The zero-order valence-corrected chi connectivity index (χ0v) is 17.8. The maximum atomic E-state index is 12.2. The Morgan fingerprint density at radius 1 is 0.963 bits per heavy atom. The van der Waals surface area contributed by atoms with Crippen molar-refractivity contribution in [1.82, 2.24) is 4.90 Å². The highest BCUT2D eigenvalue weighted by atomic mass is 16.5. The number of ether oxygens (including phenoxy) is 1. The number of likely N-dealkylation sites (N-methyl/N-ethyl adjacent to an activating group) is 1. The Morgan fingerprint density at radius 2 is 1.59 bits per heavy atom. The Morgan fingerprint density at radius 3 is 2.19 bits per heavy atom. The lowest BCUT2D eigenvalue weighted by Crippen LogP contribution is -2.29. The maximum absolute atomic E-state index is 12.2. The van der Waals surface area contributed by atoms with Crippen LogP contribution in [-0.4, -0.2) is 48.2 Å². The Balaban J connectivity index is 4.07. The molecule has 0 bridgehead atoms. The van der Waals surface area contributed by atoms with E-state index in [1.54, 1.807) is 0 Å². The molecule has 5 nitrogen and oxygen atoms in total. The highest BCUT2D eigenvalue weighted by Crippen LogP contribution is 2.14. The monoisotopic (exact) mass is 383 g/mol. The highest BCUT2D eigenvalue weighted by molar-refractivity contribution is 5.79. The summed E-state index contributed by atoms with van der Waals surface area (Å²) in [5, 5.41) is 9.04. The van der Waals surface area contributed by atoms with Gasteiger partial charge in [-0.1, -0.05) is 71.4 Å². The fraction of sp³-hybridized carbons (Fsp3) is 0.818. The summed E-state index contributed by atoms with van der Waals surface area (Å²) >= 11 is 0. The molecule has 0 aliphatic heterocycles. The third-order valence-electron chi connectivity index (χ3n) is 4.86. The van der Waals surface area contributed by atoms with Gasteiger partial charge in [0, 0.05) is 6.54 Å². The summed E-state index contributed by atoms with van der Waals surface area (Å²) in [4.78, 5) is 25.4. The van der Waals surface area contributed by atoms with Crippen molar-refractivity contribution in [2.45, 2.75) is 85.0 Å². The van der Waals surface area contributed by atoms with Crippen molar-refractivity contribution < 1.29 is 19.4 Å². The van der Waals surface area contributed by atoms with Gasteiger partial charge in [0.25, 0.3) is 0 Å². The summed E-state index contributed by atoms with van der Waals surface area (Å²) in [5.74, 6) is -1.95. The summed E-state index contributed by atoms with van der Waals surface area (Å²) in [6, 6.07) is 0. The SMILES string of the molecule is CCCCCCCCC/C=C/C[C@H](CC(=O)O)C(=O)OCCN(CC)CC. The molecule has 0 fully saturated rings. The molecule has 0 rings (SSSR count). The number of aliphatic carboxylic acids is 1. The standard InChI is InChI=1S/C22H41NO4/c1-4-7-8-9-10-11-12-13-14-15-16-20(19-21(24)25)22(26)27-18-17-23(5-2)6-3/h14-15,20H,4-13,16-19H2,1-3H3,(H,24,25)/b15-14+/t20-/m1/s1. The van der Waals surface area contributed by atoms with Gasteiger partial charge in [0.05, 0.1) is 12.3 Å². The van der Waals surface area contributed by atoms with Gasteiger partial charge in [-0.2, -0.15) is 0 Å². The fourth-order valence-corrected chi connectivity index (χ4v) is 3.00. The number of carbonyl (C=O) groups is 2. The number of carboxylic acids is 1. The Kier molecular flexibility index (Phi) is 17.1. The minimum atomic E-state index is -0.957. The van der Waals surface area contributed by atoms with Crippen LogP contribution < -0.4 is 0 Å². The van der Waals surface area contributed by atoms with Crippen molar-refractivity contribution in [1.29, 1.82) is 0 Å². The van der Waals surface area contributed by atoms with Crippen molar-refractivity contribution in [3.8, 4) is 0 Å². The number of carbonyl (C=O) groups excluding carboxylic acids is 1. The first-order valence-corrected chi connectivity index (χ1v) is 10.8. The van der Waals surface area contributed by atoms with Crippen LogP contribution in [0.2, 0.25) is 0 Å². The van der Waals surface area contributed by atoms with Crippen LogP contribution in [-0.2, 0) is 14.3 Å². The minimum Gasteiger partial charge on any atom is -0.481 e. The molecule has 158 valence electrons. The highest BCUT2D eigenvalue weighted by Gasteiger charge is 2.22. The van der Waals surface area contributed by atoms with Gasteiger partial charge in [-0.05, 0) is 32.4 Å². The van der Waals surface area contributed by atoms with Crippen LogP contribution in [0.4, 0.5) is 0 Å². The molecule has 0 radical (unpaired) electrons. The third kappa shape index (κ3) is 15.4. The molecule has 1 N–H and O–H groups in total. The second kappa shape index (κ2) is 18.0. The van der Waals surface area contributed by atoms with Crippen molar-refractivity contribution in [2.24, 2.45) is 5.92 Å². The van der Waals surface area contributed by atoms with E-state index in [0.29, 0.717) is 19.6 Å². The number of allylic oxidation sites excluding steroid dienone is 2. The van der Waals surface area contributed by atoms with Crippen LogP contribution >= 0.6 is 0 Å². The number of rotatable bonds is 18. The van der Waals surface area contributed by atoms with E-state index in [1.807, 2.05) is 6.08 Å². The molecule has 27 heavy (non-hydrogen) atoms. The third-order valence-corrected chi connectivity index (χ3v) is 4.86. The summed E-state index contributed by atoms with van der Waals surface area (Å²) in [6.45, 7) is 9.18. The van der Waals surface area contributed by atoms with E-state index < -0.39 is 17.9 Å². The second-order valence-corrected chi connectivity index (χ2v) is 7.11. The number of nitrogens with zero attached hydrogens (tertiary/aromatic N) is 1. The summed E-state index contributed by atoms with van der Waals surface area (Å²) < 4.78 is 5.30. The second-order valence-electron chi connectivity index (χ2n) is 7.11. The zero-order valence-electron chi connectivity index (χ0n) is 17.8. The van der Waals surface area contributed by atoms with E-state index in [1.165, 1.54) is 38.5 Å². The summed E-state index contributed by atoms with van der Waals surface area (Å²) in [6.07, 6.45) is 14.2. The molecule has 0 amide bonds. The molecule has 0 unspecified atom stereocenters. The first-order chi connectivity index (χ1) is 13.0. The lowest BCUT2D eigenvalue weighted by molar-refractivity contribution is -0.153. The summed E-state index contributed by atoms with van der Waals surface area (Å²) in [5.41, 5.74) is 0. The van der Waals surface area contributed by atoms with Crippen LogP contribution in [0.25, 0.3) is 0 Å². The van der Waals surface area contributed by atoms with Crippen LogP contribution in [0.5, 0.6) is 0 Å². The van der Waals surface area contributed by atoms with Gasteiger partial charge in [0.1, 0.15) is 6.61 Å². The van der Waals surface area contributed by atoms with Crippen LogP contribution in [0, 0.1) is 5.92 Å². The quantitative estimate of drug-likeness (QED) is 0.204. The molecule has 1 atom stereocenters. The van der Waals surface area contributed by atoms with Crippen LogP contribution in [0.1, 0.15) is 85.0 Å². The maximum Gasteiger partial charge on any atom is 0.309 e. The zero-order chi connectivity index (χ0) is 20.3. The Hall–Kier alpha value is -1.36. The van der Waals surface area contributed by atoms with Gasteiger partial charge >= 0.3 is 11.9 Å². The summed E-state index contributed by atoms with van der Waals surface area (Å²) in [7, 11) is 0. The van der Waals surface area contributed by atoms with Gasteiger partial charge in [0.15, 0.2) is 0 Å². The number of unbranched alkanes of at least 4 members (excludes halogenated alkanes) is 7. The van der Waals surface area contributed by atoms with E-state index in [2.05, 4.69) is 31.7 Å². The molecule has 0 saturated heterocycles.